The molecule has 0 saturated carbocycles. The van der Waals surface area contributed by atoms with E-state index in [1.54, 1.807) is 0 Å². The van der Waals surface area contributed by atoms with E-state index in [-0.39, 0.29) is 0 Å². The monoisotopic (exact) mass is 217 g/mol. The van der Waals surface area contributed by atoms with Gasteiger partial charge in [-0.15, -0.1) is 0 Å². The minimum Gasteiger partial charge on any atom is -0.395 e. The smallest absolute Gasteiger partial charge is 0.0929 e. The first-order chi connectivity index (χ1) is 7.49. The molecule has 0 spiro atoms. The summed E-state index contributed by atoms with van der Waals surface area (Å²) in [6.07, 6.45) is 0.879. The van der Waals surface area contributed by atoms with Crippen molar-refractivity contribution in [1.82, 2.24) is 9.61 Å². The summed E-state index contributed by atoms with van der Waals surface area (Å²) in [5.74, 6) is 0. The number of nitrogens with zero attached hydrogens (tertiary/aromatic N) is 2. The molecule has 3 nitrogen and oxygen atoms in total. The lowest BCUT2D eigenvalue weighted by Crippen LogP contribution is -2.02. The molecule has 0 aliphatic heterocycles. The minimum atomic E-state index is 0.839. The Balaban J connectivity index is 3.00. The molecule has 0 aliphatic carbocycles. The molecule has 2 heterocycles. The summed E-state index contributed by atoms with van der Waals surface area (Å²) in [6.45, 7) is 10.6. The van der Waals surface area contributed by atoms with Crippen LogP contribution in [0.3, 0.4) is 0 Å². The highest BCUT2D eigenvalue weighted by Crippen LogP contribution is 2.28. The summed E-state index contributed by atoms with van der Waals surface area (Å²) >= 11 is 0. The van der Waals surface area contributed by atoms with Crippen LogP contribution in [0.15, 0.2) is 0 Å². The SMILES string of the molecule is CCc1nn2c(C)c(C)c(C)c(C)c2c1N. The van der Waals surface area contributed by atoms with Crippen molar-refractivity contribution in [3.05, 3.63) is 28.1 Å². The second-order valence-corrected chi connectivity index (χ2v) is 4.43. The Morgan fingerprint density at radius 3 is 2.25 bits per heavy atom. The molecule has 0 amide bonds. The van der Waals surface area contributed by atoms with Crippen molar-refractivity contribution in [1.29, 1.82) is 0 Å². The number of rotatable bonds is 1. The zero-order chi connectivity index (χ0) is 12.0. The molecule has 2 rings (SSSR count). The average Bonchev–Trinajstić information content (AvgIpc) is 2.61. The average molecular weight is 217 g/mol. The van der Waals surface area contributed by atoms with Crippen LogP contribution in [0, 0.1) is 27.7 Å². The van der Waals surface area contributed by atoms with Gasteiger partial charge in [-0.25, -0.2) is 4.52 Å². The number of fused-ring (bicyclic) bond motifs is 1. The Hall–Kier alpha value is -1.51. The van der Waals surface area contributed by atoms with Crippen molar-refractivity contribution in [3.63, 3.8) is 0 Å². The van der Waals surface area contributed by atoms with Crippen LogP contribution in [0.25, 0.3) is 5.52 Å². The molecule has 0 radical (unpaired) electrons. The summed E-state index contributed by atoms with van der Waals surface area (Å²) in [5.41, 5.74) is 14.1. The molecule has 0 unspecified atom stereocenters. The van der Waals surface area contributed by atoms with E-state index < -0.39 is 0 Å². The number of hydrogen-bond donors (Lipinski definition) is 1. The van der Waals surface area contributed by atoms with Gasteiger partial charge in [0.2, 0.25) is 0 Å². The van der Waals surface area contributed by atoms with Crippen LogP contribution in [0.1, 0.15) is 35.0 Å². The van der Waals surface area contributed by atoms with Crippen LogP contribution >= 0.6 is 0 Å². The number of anilines is 1. The predicted octanol–water partition coefficient (Wildman–Crippen LogP) is 2.71. The molecular weight excluding hydrogens is 198 g/mol. The third kappa shape index (κ3) is 1.24. The molecular formula is C13H19N3. The van der Waals surface area contributed by atoms with E-state index in [0.29, 0.717) is 0 Å². The second-order valence-electron chi connectivity index (χ2n) is 4.43. The lowest BCUT2D eigenvalue weighted by Gasteiger charge is -2.11. The van der Waals surface area contributed by atoms with Gasteiger partial charge in [0.25, 0.3) is 0 Å². The maximum Gasteiger partial charge on any atom is 0.0929 e. The second kappa shape index (κ2) is 3.51. The van der Waals surface area contributed by atoms with Crippen LogP contribution < -0.4 is 5.73 Å². The van der Waals surface area contributed by atoms with Crippen molar-refractivity contribution in [3.8, 4) is 0 Å². The molecule has 0 saturated heterocycles. The van der Waals surface area contributed by atoms with E-state index in [9.17, 15) is 0 Å². The zero-order valence-corrected chi connectivity index (χ0v) is 10.7. The maximum atomic E-state index is 6.15. The fourth-order valence-corrected chi connectivity index (χ4v) is 2.23. The fraction of sp³-hybridized carbons (Fsp3) is 0.462. The number of aromatic nitrogens is 2. The van der Waals surface area contributed by atoms with Crippen LogP contribution in [0.5, 0.6) is 0 Å². The standard InChI is InChI=1S/C13H19N3/c1-6-11-12(14)13-9(4)7(2)8(3)10(5)16(13)15-11/h6,14H2,1-5H3. The molecule has 0 aromatic carbocycles. The van der Waals surface area contributed by atoms with E-state index in [1.807, 2.05) is 4.52 Å². The maximum absolute atomic E-state index is 6.15. The Morgan fingerprint density at radius 2 is 1.69 bits per heavy atom. The van der Waals surface area contributed by atoms with Crippen molar-refractivity contribution < 1.29 is 0 Å². The number of nitrogens with two attached hydrogens (primary N) is 1. The summed E-state index contributed by atoms with van der Waals surface area (Å²) in [5, 5.41) is 4.58. The topological polar surface area (TPSA) is 43.3 Å². The van der Waals surface area contributed by atoms with E-state index >= 15 is 0 Å². The van der Waals surface area contributed by atoms with Gasteiger partial charge < -0.3 is 5.73 Å². The predicted molar refractivity (Wildman–Crippen MR) is 67.9 cm³/mol. The van der Waals surface area contributed by atoms with E-state index in [0.717, 1.165) is 23.3 Å². The van der Waals surface area contributed by atoms with Gasteiger partial charge in [-0.05, 0) is 50.8 Å². The number of hydrogen-bond acceptors (Lipinski definition) is 2. The number of pyridine rings is 1. The lowest BCUT2D eigenvalue weighted by molar-refractivity contribution is 0.853. The Morgan fingerprint density at radius 1 is 1.06 bits per heavy atom. The van der Waals surface area contributed by atoms with Gasteiger partial charge in [0.05, 0.1) is 16.9 Å². The molecule has 0 bridgehead atoms. The number of aryl methyl sites for hydroxylation is 3. The molecule has 86 valence electrons. The van der Waals surface area contributed by atoms with Crippen molar-refractivity contribution in [2.75, 3.05) is 5.73 Å². The Kier molecular flexibility index (Phi) is 2.41. The molecule has 2 aromatic rings. The van der Waals surface area contributed by atoms with E-state index in [2.05, 4.69) is 39.7 Å². The fourth-order valence-electron chi connectivity index (χ4n) is 2.23. The normalized spacial score (nSPS) is 11.3. The number of nitrogen functional groups attached to an aromatic ring is 1. The molecule has 0 fully saturated rings. The highest BCUT2D eigenvalue weighted by Gasteiger charge is 2.15. The quantitative estimate of drug-likeness (QED) is 0.798. The third-order valence-electron chi connectivity index (χ3n) is 3.67. The van der Waals surface area contributed by atoms with Crippen LogP contribution in [-0.2, 0) is 6.42 Å². The molecule has 2 N–H and O–H groups in total. The van der Waals surface area contributed by atoms with Crippen LogP contribution in [0.2, 0.25) is 0 Å². The van der Waals surface area contributed by atoms with Gasteiger partial charge in [0, 0.05) is 5.69 Å². The first-order valence-corrected chi connectivity index (χ1v) is 5.72. The van der Waals surface area contributed by atoms with E-state index in [4.69, 9.17) is 5.73 Å². The zero-order valence-electron chi connectivity index (χ0n) is 10.7. The summed E-state index contributed by atoms with van der Waals surface area (Å²) < 4.78 is 1.99. The summed E-state index contributed by atoms with van der Waals surface area (Å²) in [7, 11) is 0. The minimum absolute atomic E-state index is 0.839. The molecule has 0 atom stereocenters. The van der Waals surface area contributed by atoms with Crippen molar-refractivity contribution >= 4 is 11.2 Å². The lowest BCUT2D eigenvalue weighted by atomic mass is 10.0. The van der Waals surface area contributed by atoms with Crippen molar-refractivity contribution in [2.45, 2.75) is 41.0 Å². The van der Waals surface area contributed by atoms with Gasteiger partial charge in [0.15, 0.2) is 0 Å². The summed E-state index contributed by atoms with van der Waals surface area (Å²) in [4.78, 5) is 0. The van der Waals surface area contributed by atoms with Gasteiger partial charge >= 0.3 is 0 Å². The Labute approximate surface area is 96.3 Å². The summed E-state index contributed by atoms with van der Waals surface area (Å²) in [6, 6.07) is 0. The van der Waals surface area contributed by atoms with Gasteiger partial charge in [-0.1, -0.05) is 6.92 Å². The Bertz CT molecular complexity index is 565. The van der Waals surface area contributed by atoms with Gasteiger partial charge in [-0.2, -0.15) is 5.10 Å². The molecule has 0 aliphatic rings. The molecule has 3 heteroatoms. The van der Waals surface area contributed by atoms with Crippen LogP contribution in [0.4, 0.5) is 5.69 Å². The molecule has 16 heavy (non-hydrogen) atoms. The highest BCUT2D eigenvalue weighted by molar-refractivity contribution is 5.77. The third-order valence-corrected chi connectivity index (χ3v) is 3.67. The van der Waals surface area contributed by atoms with Crippen molar-refractivity contribution in [2.24, 2.45) is 0 Å². The first-order valence-electron chi connectivity index (χ1n) is 5.72. The van der Waals surface area contributed by atoms with Gasteiger partial charge in [0.1, 0.15) is 0 Å². The highest BCUT2D eigenvalue weighted by atomic mass is 15.2. The molecule has 2 aromatic heterocycles. The van der Waals surface area contributed by atoms with E-state index in [1.165, 1.54) is 22.4 Å². The first kappa shape index (κ1) is 11.0. The largest absolute Gasteiger partial charge is 0.395 e. The van der Waals surface area contributed by atoms with Crippen LogP contribution in [-0.4, -0.2) is 9.61 Å². The van der Waals surface area contributed by atoms with Gasteiger partial charge in [-0.3, -0.25) is 0 Å².